The normalized spacial score (nSPS) is 11.1. The standard InChI is InChI=1S/C25H16Br2N2O2S/c1-31-21-11-15-7-3-2-6-14(15)10-17(21)24(30)29-23-18(12-16(26)13-19(23)27)25-28-20-8-4-5-9-22(20)32-25/h2-13H,1H3,(H,29,30). The molecule has 4 aromatic carbocycles. The minimum Gasteiger partial charge on any atom is -0.496 e. The maximum atomic E-state index is 13.4. The lowest BCUT2D eigenvalue weighted by Crippen LogP contribution is -2.14. The van der Waals surface area contributed by atoms with Crippen molar-refractivity contribution >= 4 is 75.8 Å². The van der Waals surface area contributed by atoms with E-state index in [9.17, 15) is 4.79 Å². The number of hydrogen-bond acceptors (Lipinski definition) is 4. The van der Waals surface area contributed by atoms with E-state index in [-0.39, 0.29) is 5.91 Å². The molecule has 1 heterocycles. The first-order valence-corrected chi connectivity index (χ1v) is 12.2. The van der Waals surface area contributed by atoms with E-state index in [0.717, 1.165) is 40.5 Å². The number of carbonyl (C=O) groups excluding carboxylic acids is 1. The van der Waals surface area contributed by atoms with E-state index < -0.39 is 0 Å². The van der Waals surface area contributed by atoms with Crippen LogP contribution < -0.4 is 10.1 Å². The maximum absolute atomic E-state index is 13.4. The van der Waals surface area contributed by atoms with Gasteiger partial charge >= 0.3 is 0 Å². The van der Waals surface area contributed by atoms with E-state index in [1.807, 2.05) is 72.8 Å². The van der Waals surface area contributed by atoms with E-state index >= 15 is 0 Å². The molecule has 0 bridgehead atoms. The number of benzene rings is 4. The Kier molecular flexibility index (Phi) is 5.71. The molecule has 0 atom stereocenters. The Bertz CT molecular complexity index is 1460. The summed E-state index contributed by atoms with van der Waals surface area (Å²) in [6.07, 6.45) is 0. The monoisotopic (exact) mass is 566 g/mol. The van der Waals surface area contributed by atoms with Gasteiger partial charge in [-0.3, -0.25) is 4.79 Å². The molecular formula is C25H16Br2N2O2S. The molecule has 4 nitrogen and oxygen atoms in total. The average molecular weight is 568 g/mol. The second-order valence-corrected chi connectivity index (χ2v) is 9.95. The molecule has 1 N–H and O–H groups in total. The van der Waals surface area contributed by atoms with Crippen molar-refractivity contribution in [2.75, 3.05) is 12.4 Å². The molecule has 0 aliphatic carbocycles. The van der Waals surface area contributed by atoms with Crippen molar-refractivity contribution in [2.24, 2.45) is 0 Å². The number of nitrogens with one attached hydrogen (secondary N) is 1. The molecule has 0 radical (unpaired) electrons. The summed E-state index contributed by atoms with van der Waals surface area (Å²) in [5.41, 5.74) is 2.89. The summed E-state index contributed by atoms with van der Waals surface area (Å²) >= 11 is 8.77. The highest BCUT2D eigenvalue weighted by molar-refractivity contribution is 9.11. The number of ether oxygens (including phenoxy) is 1. The summed E-state index contributed by atoms with van der Waals surface area (Å²) in [6, 6.07) is 23.5. The first-order valence-electron chi connectivity index (χ1n) is 9.76. The van der Waals surface area contributed by atoms with Crippen LogP contribution in [0.4, 0.5) is 5.69 Å². The topological polar surface area (TPSA) is 51.2 Å². The van der Waals surface area contributed by atoms with Gasteiger partial charge < -0.3 is 10.1 Å². The second-order valence-electron chi connectivity index (χ2n) is 7.15. The Morgan fingerprint density at radius 2 is 1.69 bits per heavy atom. The zero-order chi connectivity index (χ0) is 22.2. The van der Waals surface area contributed by atoms with Crippen molar-refractivity contribution in [2.45, 2.75) is 0 Å². The highest BCUT2D eigenvalue weighted by Crippen LogP contribution is 2.41. The van der Waals surface area contributed by atoms with Crippen LogP contribution in [0.3, 0.4) is 0 Å². The third-order valence-electron chi connectivity index (χ3n) is 5.13. The third-order valence-corrected chi connectivity index (χ3v) is 7.28. The van der Waals surface area contributed by atoms with E-state index in [4.69, 9.17) is 9.72 Å². The number of halogens is 2. The second kappa shape index (κ2) is 8.65. The van der Waals surface area contributed by atoms with Crippen LogP contribution in [-0.4, -0.2) is 18.0 Å². The molecule has 0 aliphatic heterocycles. The number of rotatable bonds is 4. The van der Waals surface area contributed by atoms with Crippen LogP contribution in [-0.2, 0) is 0 Å². The zero-order valence-corrected chi connectivity index (χ0v) is 20.8. The van der Waals surface area contributed by atoms with Gasteiger partial charge in [0.2, 0.25) is 0 Å². The molecule has 1 aromatic heterocycles. The molecule has 0 saturated carbocycles. The quantitative estimate of drug-likeness (QED) is 0.240. The molecule has 1 amide bonds. The minimum atomic E-state index is -0.252. The van der Waals surface area contributed by atoms with Crippen LogP contribution >= 0.6 is 43.2 Å². The van der Waals surface area contributed by atoms with Crippen LogP contribution in [0.15, 0.2) is 81.7 Å². The van der Waals surface area contributed by atoms with Crippen LogP contribution in [0.5, 0.6) is 5.75 Å². The third kappa shape index (κ3) is 3.92. The fraction of sp³-hybridized carbons (Fsp3) is 0.0400. The first kappa shape index (κ1) is 21.1. The van der Waals surface area contributed by atoms with Crippen LogP contribution in [0.25, 0.3) is 31.6 Å². The predicted molar refractivity (Wildman–Crippen MR) is 139 cm³/mol. The van der Waals surface area contributed by atoms with Crippen LogP contribution in [0.1, 0.15) is 10.4 Å². The minimum absolute atomic E-state index is 0.252. The van der Waals surface area contributed by atoms with Crippen molar-refractivity contribution < 1.29 is 9.53 Å². The van der Waals surface area contributed by atoms with Crippen LogP contribution in [0, 0.1) is 0 Å². The largest absolute Gasteiger partial charge is 0.496 e. The number of methoxy groups -OCH3 is 1. The average Bonchev–Trinajstić information content (AvgIpc) is 3.23. The number of hydrogen-bond donors (Lipinski definition) is 1. The Morgan fingerprint density at radius 1 is 0.969 bits per heavy atom. The van der Waals surface area contributed by atoms with Gasteiger partial charge in [0.15, 0.2) is 0 Å². The van der Waals surface area contributed by atoms with Gasteiger partial charge in [-0.25, -0.2) is 4.98 Å². The highest BCUT2D eigenvalue weighted by atomic mass is 79.9. The molecule has 5 rings (SSSR count). The maximum Gasteiger partial charge on any atom is 0.259 e. The SMILES string of the molecule is COc1cc2ccccc2cc1C(=O)Nc1c(Br)cc(Br)cc1-c1nc2ccccc2s1. The molecule has 7 heteroatoms. The van der Waals surface area contributed by atoms with Gasteiger partial charge in [-0.15, -0.1) is 11.3 Å². The molecule has 5 aromatic rings. The lowest BCUT2D eigenvalue weighted by Gasteiger charge is -2.15. The number of anilines is 1. The van der Waals surface area contributed by atoms with E-state index in [1.165, 1.54) is 0 Å². The molecule has 0 spiro atoms. The summed E-state index contributed by atoms with van der Waals surface area (Å²) in [5.74, 6) is 0.272. The van der Waals surface area contributed by atoms with Crippen molar-refractivity contribution in [1.82, 2.24) is 4.98 Å². The lowest BCUT2D eigenvalue weighted by molar-refractivity contribution is 0.102. The summed E-state index contributed by atoms with van der Waals surface area (Å²) < 4.78 is 8.26. The molecule has 0 saturated heterocycles. The van der Waals surface area contributed by atoms with Gasteiger partial charge in [0.1, 0.15) is 10.8 Å². The van der Waals surface area contributed by atoms with E-state index in [0.29, 0.717) is 17.0 Å². The Balaban J connectivity index is 1.60. The lowest BCUT2D eigenvalue weighted by atomic mass is 10.0. The molecular weight excluding hydrogens is 552 g/mol. The predicted octanol–water partition coefficient (Wildman–Crippen LogP) is 7.90. The number of thiazole rings is 1. The smallest absolute Gasteiger partial charge is 0.259 e. The van der Waals surface area contributed by atoms with Gasteiger partial charge in [0, 0.05) is 14.5 Å². The van der Waals surface area contributed by atoms with Crippen LogP contribution in [0.2, 0.25) is 0 Å². The number of amides is 1. The van der Waals surface area contributed by atoms with Gasteiger partial charge in [0.25, 0.3) is 5.91 Å². The fourth-order valence-corrected chi connectivity index (χ4v) is 5.92. The number of para-hydroxylation sites is 1. The van der Waals surface area contributed by atoms with Crippen molar-refractivity contribution in [3.05, 3.63) is 87.3 Å². The Hall–Kier alpha value is -2.74. The summed E-state index contributed by atoms with van der Waals surface area (Å²) in [6.45, 7) is 0. The summed E-state index contributed by atoms with van der Waals surface area (Å²) in [4.78, 5) is 18.2. The van der Waals surface area contributed by atoms with Gasteiger partial charge in [-0.05, 0) is 63.1 Å². The zero-order valence-electron chi connectivity index (χ0n) is 16.9. The highest BCUT2D eigenvalue weighted by Gasteiger charge is 2.20. The number of fused-ring (bicyclic) bond motifs is 2. The van der Waals surface area contributed by atoms with Gasteiger partial charge in [0.05, 0.1) is 28.6 Å². The van der Waals surface area contributed by atoms with E-state index in [1.54, 1.807) is 18.4 Å². The van der Waals surface area contributed by atoms with Gasteiger partial charge in [-0.2, -0.15) is 0 Å². The molecule has 158 valence electrons. The Labute approximate surface area is 205 Å². The molecule has 32 heavy (non-hydrogen) atoms. The van der Waals surface area contributed by atoms with Crippen molar-refractivity contribution in [3.63, 3.8) is 0 Å². The van der Waals surface area contributed by atoms with Gasteiger partial charge in [-0.1, -0.05) is 52.3 Å². The van der Waals surface area contributed by atoms with Crippen molar-refractivity contribution in [3.8, 4) is 16.3 Å². The van der Waals surface area contributed by atoms with Crippen molar-refractivity contribution in [1.29, 1.82) is 0 Å². The first-order chi connectivity index (χ1) is 15.5. The Morgan fingerprint density at radius 3 is 2.44 bits per heavy atom. The number of nitrogens with zero attached hydrogens (tertiary/aromatic N) is 1. The number of carbonyl (C=O) groups is 1. The number of aromatic nitrogens is 1. The molecule has 0 unspecified atom stereocenters. The summed E-state index contributed by atoms with van der Waals surface area (Å²) in [5, 5.41) is 5.90. The van der Waals surface area contributed by atoms with E-state index in [2.05, 4.69) is 37.2 Å². The molecule has 0 fully saturated rings. The summed E-state index contributed by atoms with van der Waals surface area (Å²) in [7, 11) is 1.57. The fourth-order valence-electron chi connectivity index (χ4n) is 3.60. The molecule has 0 aliphatic rings.